The van der Waals surface area contributed by atoms with E-state index in [4.69, 9.17) is 25.6 Å². The van der Waals surface area contributed by atoms with E-state index in [2.05, 4.69) is 50.6 Å². The van der Waals surface area contributed by atoms with E-state index in [0.717, 1.165) is 38.0 Å². The zero-order valence-corrected chi connectivity index (χ0v) is 30.9. The molecule has 2 aromatic heterocycles. The maximum Gasteiger partial charge on any atom is 0.319 e. The van der Waals surface area contributed by atoms with Crippen LogP contribution in [0.15, 0.2) is 30.5 Å². The van der Waals surface area contributed by atoms with Crippen LogP contribution in [0.4, 0.5) is 19.0 Å². The van der Waals surface area contributed by atoms with Crippen molar-refractivity contribution in [1.29, 1.82) is 0 Å². The molecule has 1 N–H and O–H groups in total. The minimum absolute atomic E-state index is 0.00549. The standard InChI is InChI=1S/C39H43F3N6O3Si/c1-6-24-27(41)9-8-21-12-23(51-20-49-2)13-25(30(21)24)34-33(42)35-26(15-43-34)37(47-17-28-31-32(29(18-47)44-28)36(31)52(3,4)5)46-38(45-35)50-19-39-10-7-11-48(39)16-22(40)14-39/h1,8-9,12-13,15,22,28-29,31-32,36,44H,7,10-11,14,16-20H2,2-5H3/t22-,28-,29+,31-,32+,36?,39+/m1/s1. The molecule has 1 aliphatic carbocycles. The summed E-state index contributed by atoms with van der Waals surface area (Å²) in [6, 6.07) is 6.83. The first-order valence-electron chi connectivity index (χ1n) is 18.2. The molecule has 1 unspecified atom stereocenters. The number of nitrogens with zero attached hydrogens (tertiary/aromatic N) is 5. The molecule has 2 aromatic carbocycles. The van der Waals surface area contributed by atoms with Crippen molar-refractivity contribution in [3.05, 3.63) is 47.7 Å². The van der Waals surface area contributed by atoms with Crippen LogP contribution in [0.1, 0.15) is 24.8 Å². The lowest BCUT2D eigenvalue weighted by atomic mass is 9.95. The lowest BCUT2D eigenvalue weighted by Crippen LogP contribution is -2.55. The van der Waals surface area contributed by atoms with E-state index >= 15 is 8.78 Å². The van der Waals surface area contributed by atoms with Gasteiger partial charge in [0.05, 0.1) is 16.5 Å². The highest BCUT2D eigenvalue weighted by molar-refractivity contribution is 6.78. The topological polar surface area (TPSA) is 84.9 Å². The highest BCUT2D eigenvalue weighted by Crippen LogP contribution is 2.65. The summed E-state index contributed by atoms with van der Waals surface area (Å²) in [5, 5.41) is 5.19. The molecule has 2 bridgehead atoms. The van der Waals surface area contributed by atoms with Crippen LogP contribution >= 0.6 is 0 Å². The average molecular weight is 729 g/mol. The largest absolute Gasteiger partial charge is 0.468 e. The van der Waals surface area contributed by atoms with Crippen LogP contribution in [0.3, 0.4) is 0 Å². The van der Waals surface area contributed by atoms with E-state index in [1.54, 1.807) is 24.4 Å². The number of hydrogen-bond acceptors (Lipinski definition) is 9. The monoisotopic (exact) mass is 728 g/mol. The minimum Gasteiger partial charge on any atom is -0.468 e. The van der Waals surface area contributed by atoms with E-state index in [9.17, 15) is 4.39 Å². The molecular weight excluding hydrogens is 686 g/mol. The average Bonchev–Trinajstić information content (AvgIpc) is 3.57. The van der Waals surface area contributed by atoms with E-state index in [1.807, 2.05) is 0 Å². The number of alkyl halides is 1. The zero-order chi connectivity index (χ0) is 36.1. The molecule has 6 heterocycles. The molecule has 13 heteroatoms. The Morgan fingerprint density at radius 1 is 1.08 bits per heavy atom. The molecule has 1 saturated carbocycles. The van der Waals surface area contributed by atoms with E-state index in [-0.39, 0.29) is 41.7 Å². The fourth-order valence-electron chi connectivity index (χ4n) is 10.2. The molecule has 7 atom stereocenters. The number of nitrogens with one attached hydrogen (secondary N) is 1. The van der Waals surface area contributed by atoms with Crippen molar-refractivity contribution < 1.29 is 27.4 Å². The predicted molar refractivity (Wildman–Crippen MR) is 196 cm³/mol. The van der Waals surface area contributed by atoms with Crippen LogP contribution in [0, 0.1) is 35.8 Å². The Balaban J connectivity index is 1.16. The molecule has 0 spiro atoms. The summed E-state index contributed by atoms with van der Waals surface area (Å²) in [5.41, 5.74) is 0.591. The number of piperidine rings is 1. The molecule has 0 radical (unpaired) electrons. The van der Waals surface area contributed by atoms with Crippen molar-refractivity contribution >= 4 is 35.6 Å². The third kappa shape index (κ3) is 5.36. The van der Waals surface area contributed by atoms with Gasteiger partial charge >= 0.3 is 6.01 Å². The van der Waals surface area contributed by atoms with Crippen LogP contribution in [0.5, 0.6) is 11.8 Å². The second-order valence-electron chi connectivity index (χ2n) is 16.4. The third-order valence-electron chi connectivity index (χ3n) is 12.3. The van der Waals surface area contributed by atoms with Gasteiger partial charge in [-0.15, -0.1) is 6.42 Å². The first-order valence-corrected chi connectivity index (χ1v) is 21.8. The summed E-state index contributed by atoms with van der Waals surface area (Å²) in [4.78, 5) is 18.7. The summed E-state index contributed by atoms with van der Waals surface area (Å²) in [7, 11) is 0.186. The molecule has 9 rings (SSSR count). The third-order valence-corrected chi connectivity index (χ3v) is 15.1. The molecule has 9 nitrogen and oxygen atoms in total. The number of benzene rings is 2. The van der Waals surface area contributed by atoms with Crippen LogP contribution < -0.4 is 19.7 Å². The van der Waals surface area contributed by atoms with Gasteiger partial charge in [0, 0.05) is 70.5 Å². The summed E-state index contributed by atoms with van der Waals surface area (Å²) in [5.74, 6) is 3.35. The van der Waals surface area contributed by atoms with Crippen molar-refractivity contribution in [3.63, 3.8) is 0 Å². The number of piperazine rings is 1. The van der Waals surface area contributed by atoms with Crippen LogP contribution in [0.2, 0.25) is 25.2 Å². The maximum absolute atomic E-state index is 17.2. The van der Waals surface area contributed by atoms with Crippen molar-refractivity contribution in [2.24, 2.45) is 11.8 Å². The number of pyridine rings is 1. The van der Waals surface area contributed by atoms with Gasteiger partial charge in [0.25, 0.3) is 0 Å². The van der Waals surface area contributed by atoms with Gasteiger partial charge in [0.15, 0.2) is 12.6 Å². The zero-order valence-electron chi connectivity index (χ0n) is 29.9. The number of halogens is 3. The van der Waals surface area contributed by atoms with Gasteiger partial charge < -0.3 is 24.4 Å². The van der Waals surface area contributed by atoms with Crippen molar-refractivity contribution in [3.8, 4) is 35.4 Å². The maximum atomic E-state index is 17.2. The van der Waals surface area contributed by atoms with Gasteiger partial charge in [-0.3, -0.25) is 9.88 Å². The van der Waals surface area contributed by atoms with E-state index in [0.29, 0.717) is 64.6 Å². The van der Waals surface area contributed by atoms with Gasteiger partial charge in [0.2, 0.25) is 0 Å². The Morgan fingerprint density at radius 2 is 1.87 bits per heavy atom. The van der Waals surface area contributed by atoms with Gasteiger partial charge in [-0.2, -0.15) is 9.97 Å². The Bertz CT molecular complexity index is 2130. The van der Waals surface area contributed by atoms with Crippen LogP contribution in [0.25, 0.3) is 32.9 Å². The molecular formula is C39H43F3N6O3Si. The highest BCUT2D eigenvalue weighted by Gasteiger charge is 2.67. The molecule has 4 saturated heterocycles. The van der Waals surface area contributed by atoms with Crippen molar-refractivity contribution in [1.82, 2.24) is 25.2 Å². The lowest BCUT2D eigenvalue weighted by Gasteiger charge is -2.39. The lowest BCUT2D eigenvalue weighted by molar-refractivity contribution is 0.0512. The summed E-state index contributed by atoms with van der Waals surface area (Å²) in [6.45, 7) is 10.2. The molecule has 5 fully saturated rings. The fraction of sp³-hybridized carbons (Fsp3) is 0.513. The second kappa shape index (κ2) is 12.3. The Hall–Kier alpha value is -3.96. The number of ether oxygens (including phenoxy) is 3. The number of methoxy groups -OCH3 is 1. The smallest absolute Gasteiger partial charge is 0.319 e. The van der Waals surface area contributed by atoms with E-state index < -0.39 is 31.4 Å². The van der Waals surface area contributed by atoms with Crippen molar-refractivity contribution in [2.45, 2.75) is 68.2 Å². The number of rotatable bonds is 9. The second-order valence-corrected chi connectivity index (χ2v) is 21.8. The SMILES string of the molecule is C#Cc1c(F)ccc2cc(OCOC)cc(-c3ncc4c(N5C[C@@H]6N[C@H](C5)[C@H]5C([Si](C)(C)C)[C@H]56)nc(OC[C@@]56CCCN5C[C@H](F)C6)nc4c3F)c12. The molecule has 4 aromatic rings. The first-order chi connectivity index (χ1) is 25.0. The first kappa shape index (κ1) is 33.8. The number of hydrogen-bond donors (Lipinski definition) is 1. The summed E-state index contributed by atoms with van der Waals surface area (Å²) in [6.07, 6.45) is 8.66. The fourth-order valence-corrected chi connectivity index (χ4v) is 13.3. The Labute approximate surface area is 302 Å². The molecule has 4 aliphatic heterocycles. The van der Waals surface area contributed by atoms with Crippen molar-refractivity contribution in [2.75, 3.05) is 51.6 Å². The number of aromatic nitrogens is 3. The molecule has 5 aliphatic rings. The van der Waals surface area contributed by atoms with E-state index in [1.165, 1.54) is 13.2 Å². The molecule has 52 heavy (non-hydrogen) atoms. The molecule has 0 amide bonds. The minimum atomic E-state index is -1.31. The number of terminal acetylenes is 1. The van der Waals surface area contributed by atoms with Crippen LogP contribution in [-0.4, -0.2) is 98.4 Å². The summed E-state index contributed by atoms with van der Waals surface area (Å²) < 4.78 is 64.2. The molecule has 272 valence electrons. The number of anilines is 1. The number of fused-ring (bicyclic) bond motifs is 8. The predicted octanol–water partition coefficient (Wildman–Crippen LogP) is 6.16. The van der Waals surface area contributed by atoms with Gasteiger partial charge in [-0.05, 0) is 60.3 Å². The Kier molecular flexibility index (Phi) is 8.00. The normalized spacial score (nSPS) is 29.4. The highest BCUT2D eigenvalue weighted by atomic mass is 28.3. The van der Waals surface area contributed by atoms with Gasteiger partial charge in [-0.25, -0.2) is 13.2 Å². The summed E-state index contributed by atoms with van der Waals surface area (Å²) >= 11 is 0. The quantitative estimate of drug-likeness (QED) is 0.124. The van der Waals surface area contributed by atoms with Gasteiger partial charge in [-0.1, -0.05) is 31.6 Å². The van der Waals surface area contributed by atoms with Gasteiger partial charge in [0.1, 0.15) is 41.4 Å². The van der Waals surface area contributed by atoms with Crippen LogP contribution in [-0.2, 0) is 4.74 Å². The Morgan fingerprint density at radius 3 is 2.60 bits per heavy atom.